The lowest BCUT2D eigenvalue weighted by Crippen LogP contribution is -2.43. The van der Waals surface area contributed by atoms with E-state index >= 15 is 0 Å². The van der Waals surface area contributed by atoms with Crippen LogP contribution in [0.5, 0.6) is 0 Å². The van der Waals surface area contributed by atoms with Gasteiger partial charge in [-0.2, -0.15) is 10.5 Å². The monoisotopic (exact) mass is 2130 g/mol. The molecule has 0 unspecified atom stereocenters. The predicted octanol–water partition coefficient (Wildman–Crippen LogP) is 23.8. The molecule has 5 aliphatic rings. The van der Waals surface area contributed by atoms with Gasteiger partial charge < -0.3 is 52.8 Å². The van der Waals surface area contributed by atoms with Crippen LogP contribution in [0.3, 0.4) is 0 Å². The molecule has 780 valence electrons. The van der Waals surface area contributed by atoms with Crippen LogP contribution in [0, 0.1) is 79.6 Å². The third-order valence-electron chi connectivity index (χ3n) is 24.5. The summed E-state index contributed by atoms with van der Waals surface area (Å²) in [6.07, 6.45) is 16.2. The van der Waals surface area contributed by atoms with E-state index in [4.69, 9.17) is 44.7 Å². The van der Waals surface area contributed by atoms with E-state index in [1.807, 2.05) is 69.2 Å². The minimum absolute atomic E-state index is 0. The molecular weight excluding hydrogens is 2000 g/mol. The number of amides is 1. The number of esters is 3. The maximum atomic E-state index is 13.9. The van der Waals surface area contributed by atoms with E-state index in [9.17, 15) is 65.2 Å². The van der Waals surface area contributed by atoms with Gasteiger partial charge in [0, 0.05) is 64.6 Å². The van der Waals surface area contributed by atoms with Crippen molar-refractivity contribution < 1.29 is 97.3 Å². The molecule has 0 bridgehead atoms. The number of nitrogens with one attached hydrogen (secondary N) is 1. The summed E-state index contributed by atoms with van der Waals surface area (Å²) in [5.41, 5.74) is 3.51. The number of carbonyl (C=O) groups excluding carboxylic acids is 4. The molecule has 5 saturated heterocycles. The Hall–Kier alpha value is -12.0. The smallest absolute Gasteiger partial charge is 0.478 e. The Morgan fingerprint density at radius 3 is 1.09 bits per heavy atom. The van der Waals surface area contributed by atoms with Crippen LogP contribution in [0.15, 0.2) is 218 Å². The zero-order valence-corrected chi connectivity index (χ0v) is 83.1. The third-order valence-corrected chi connectivity index (χ3v) is 25.4. The summed E-state index contributed by atoms with van der Waals surface area (Å²) < 4.78 is 136. The summed E-state index contributed by atoms with van der Waals surface area (Å²) in [4.78, 5) is 90.9. The Labute approximate surface area is 874 Å². The SMILES string of the molecule is C.C.C.C.C.C.CC1(C)OB(B2OC(C)(C)C(C)(C)O2)OC1(C)C.COC(=O)c1ccc(F)cc1-c1ccncn1.COC(=O)c1ccc(F)cc1B1CC(C)(C)C(C)(C)O1.COC(=O)c1ccc(F)cc1Br.Cl.Cl.Clc1ccncn1.N#CC1(Cc2ccc(F)cc2)CCN(C(=O)c2ccc(F)cc2-c2ccncn2)CC1.N#CC1(Cc2ccc(F)cc2)CCNCC1.O=C(O)c1ccc(F)cc1-c1ccncn1. The van der Waals surface area contributed by atoms with Crippen LogP contribution in [-0.2, 0) is 50.3 Å². The summed E-state index contributed by atoms with van der Waals surface area (Å²) in [6.45, 7) is 26.8. The van der Waals surface area contributed by atoms with Crippen molar-refractivity contribution in [3.8, 4) is 45.9 Å². The van der Waals surface area contributed by atoms with Crippen LogP contribution in [0.2, 0.25) is 11.5 Å². The van der Waals surface area contributed by atoms with Crippen LogP contribution < -0.4 is 10.8 Å². The van der Waals surface area contributed by atoms with Gasteiger partial charge in [0.2, 0.25) is 0 Å². The number of hydrogen-bond donors (Lipinski definition) is 2. The molecule has 9 heterocycles. The standard InChI is InChI=1S/C24H20F2N4O.C15H20BFO3.C13H15FN2.C12H24B2O4.C12H9FN2O2.C11H7FN2O2.C8H6BrFO2.C4H3ClN2.6CH4.2ClH/c25-18-3-1-17(2-4-18)14-24(15-27)8-11-30(12-9-24)23(31)20-6-5-19(26)13-21(20)22-7-10-28-16-29-22;1-14(2)9-16(20-15(14,3)4)12-8-10(17)6-7-11(12)13(18)19-5;14-12-3-1-11(2-4-12)9-13(10-15)5-7-16-8-6-13;1-9(2)10(3,4)16-13(15-9)14-17-11(5,6)12(7,8)18-14;1-17-12(16)9-3-2-8(13)6-10(9)11-4-5-14-7-15-11;12-7-1-2-8(11(15)16)9(5-7)10-3-4-13-6-14-10;1-12-8(11)6-3-2-5(10)4-7(6)9;5-4-1-2-6-3-7-4;;;;;;;;/h1-7,10,13,16H,8-9,11-12,14H2;6-8H,9H2,1-5H3;1-4,16H,5-9H2;1-8H3;2-7H,1H3;1-6H,(H,15,16);2-4H,1H3;1-3H;6*1H4;2*1H. The Balaban J connectivity index is 0.000000842. The molecule has 7 aromatic carbocycles. The lowest BCUT2D eigenvalue weighted by molar-refractivity contribution is 0.00578. The summed E-state index contributed by atoms with van der Waals surface area (Å²) in [5.74, 6) is -5.51. The van der Waals surface area contributed by atoms with Crippen molar-refractivity contribution in [2.75, 3.05) is 47.5 Å². The summed E-state index contributed by atoms with van der Waals surface area (Å²) in [7, 11) is 2.92. The van der Waals surface area contributed by atoms with E-state index in [0.717, 1.165) is 61.9 Å². The van der Waals surface area contributed by atoms with Gasteiger partial charge in [0.25, 0.3) is 5.91 Å². The first-order valence-corrected chi connectivity index (χ1v) is 44.4. The van der Waals surface area contributed by atoms with Gasteiger partial charge in [0.05, 0.1) is 112 Å². The summed E-state index contributed by atoms with van der Waals surface area (Å²) in [6, 6.07) is 43.1. The number of methoxy groups -OCH3 is 3. The van der Waals surface area contributed by atoms with Crippen molar-refractivity contribution in [3.63, 3.8) is 0 Å². The first-order valence-electron chi connectivity index (χ1n) is 43.3. The largest absolute Gasteiger partial charge is 0.488 e. The van der Waals surface area contributed by atoms with Crippen LogP contribution in [0.4, 0.5) is 30.7 Å². The highest BCUT2D eigenvalue weighted by molar-refractivity contribution is 9.10. The van der Waals surface area contributed by atoms with Gasteiger partial charge in [-0.15, -0.1) is 24.8 Å². The normalized spacial score (nSPS) is 15.6. The molecular formula is C105H130B3BrCl3F7N12O14. The summed E-state index contributed by atoms with van der Waals surface area (Å²) in [5, 5.41) is 31.8. The van der Waals surface area contributed by atoms with E-state index in [0.29, 0.717) is 92.3 Å². The average Bonchev–Trinajstić information content (AvgIpc) is 1.59. The lowest BCUT2D eigenvalue weighted by Gasteiger charge is -2.37. The number of benzene rings is 7. The second kappa shape index (κ2) is 58.4. The molecule has 11 aromatic rings. The molecule has 40 heteroatoms. The van der Waals surface area contributed by atoms with Crippen molar-refractivity contribution in [2.24, 2.45) is 16.2 Å². The number of nitrogens with zero attached hydrogens (tertiary/aromatic N) is 11. The van der Waals surface area contributed by atoms with Crippen molar-refractivity contribution >= 4 is 109 Å². The molecule has 5 fully saturated rings. The van der Waals surface area contributed by atoms with Gasteiger partial charge in [-0.25, -0.2) is 89.8 Å². The highest BCUT2D eigenvalue weighted by atomic mass is 79.9. The molecule has 0 aliphatic carbocycles. The maximum Gasteiger partial charge on any atom is 0.488 e. The highest BCUT2D eigenvalue weighted by Gasteiger charge is 2.64. The number of likely N-dealkylation sites (tertiary alicyclic amines) is 1. The fourth-order valence-corrected chi connectivity index (χ4v) is 15.2. The minimum Gasteiger partial charge on any atom is -0.478 e. The number of ether oxygens (including phenoxy) is 3. The number of aromatic carboxylic acids is 1. The molecule has 0 radical (unpaired) electrons. The molecule has 0 atom stereocenters. The van der Waals surface area contributed by atoms with Gasteiger partial charge in [0.1, 0.15) is 71.2 Å². The van der Waals surface area contributed by atoms with Crippen molar-refractivity contribution in [3.05, 3.63) is 303 Å². The van der Waals surface area contributed by atoms with E-state index in [1.54, 1.807) is 59.8 Å². The molecule has 0 spiro atoms. The fourth-order valence-electron chi connectivity index (χ4n) is 14.6. The van der Waals surface area contributed by atoms with Crippen LogP contribution in [0.1, 0.15) is 216 Å². The fraction of sp³-hybridized carbons (Fsp3) is 0.381. The van der Waals surface area contributed by atoms with Gasteiger partial charge in [-0.1, -0.05) is 94.3 Å². The van der Waals surface area contributed by atoms with Crippen molar-refractivity contribution in [1.29, 1.82) is 10.5 Å². The molecule has 145 heavy (non-hydrogen) atoms. The average molecular weight is 2140 g/mol. The number of aromatic nitrogens is 8. The topological polar surface area (TPSA) is 345 Å². The van der Waals surface area contributed by atoms with E-state index in [1.165, 1.54) is 168 Å². The zero-order valence-electron chi connectivity index (χ0n) is 79.1. The van der Waals surface area contributed by atoms with Gasteiger partial charge in [0.15, 0.2) is 0 Å². The quantitative estimate of drug-likeness (QED) is 0.0336. The molecule has 0 saturated carbocycles. The molecule has 4 aromatic heterocycles. The van der Waals surface area contributed by atoms with E-state index < -0.39 is 66.6 Å². The minimum atomic E-state index is -1.12. The molecule has 26 nitrogen and oxygen atoms in total. The first kappa shape index (κ1) is 131. The van der Waals surface area contributed by atoms with Crippen LogP contribution in [-0.4, -0.2) is 176 Å². The lowest BCUT2D eigenvalue weighted by atomic mass is 9.49. The van der Waals surface area contributed by atoms with E-state index in [-0.39, 0.29) is 155 Å². The van der Waals surface area contributed by atoms with Gasteiger partial charge in [-0.05, 0) is 305 Å². The number of nitriles is 2. The van der Waals surface area contributed by atoms with Crippen LogP contribution >= 0.6 is 52.3 Å². The number of rotatable bonds is 14. The summed E-state index contributed by atoms with van der Waals surface area (Å²) >= 11 is 8.44. The maximum absolute atomic E-state index is 13.9. The third kappa shape index (κ3) is 35.7. The Bertz CT molecular complexity index is 5980. The van der Waals surface area contributed by atoms with Crippen molar-refractivity contribution in [2.45, 2.75) is 200 Å². The zero-order chi connectivity index (χ0) is 100. The predicted molar refractivity (Wildman–Crippen MR) is 561 cm³/mol. The second-order valence-electron chi connectivity index (χ2n) is 35.4. The second-order valence-corrected chi connectivity index (χ2v) is 36.7. The number of carbonyl (C=O) groups is 5. The number of hydrogen-bond acceptors (Lipinski definition) is 24. The van der Waals surface area contributed by atoms with Crippen molar-refractivity contribution in [1.82, 2.24) is 50.1 Å². The first-order chi connectivity index (χ1) is 64.7. The Kier molecular flexibility index (Phi) is 52.7. The molecule has 2 N–H and O–H groups in total. The van der Waals surface area contributed by atoms with Gasteiger partial charge in [-0.3, -0.25) is 4.79 Å². The Morgan fingerprint density at radius 1 is 0.428 bits per heavy atom. The Morgan fingerprint density at radius 2 is 0.752 bits per heavy atom. The molecule has 5 aliphatic heterocycles. The molecule has 1 amide bonds. The highest BCUT2D eigenvalue weighted by Crippen LogP contribution is 2.47. The van der Waals surface area contributed by atoms with Gasteiger partial charge >= 0.3 is 44.8 Å². The number of piperidine rings is 2. The van der Waals surface area contributed by atoms with Crippen LogP contribution in [0.25, 0.3) is 33.8 Å². The molecule has 16 rings (SSSR count). The number of carboxylic acids is 1. The van der Waals surface area contributed by atoms with E-state index in [2.05, 4.69) is 96.6 Å². The number of carboxylic acid groups (broad SMARTS) is 1. The number of halogens is 11.